The molecule has 0 fully saturated rings. The number of carbonyl (C=O) groups excluding carboxylic acids is 2. The van der Waals surface area contributed by atoms with Gasteiger partial charge >= 0.3 is 0 Å². The van der Waals surface area contributed by atoms with Crippen molar-refractivity contribution in [1.82, 2.24) is 10.2 Å². The Morgan fingerprint density at radius 3 is 2.21 bits per heavy atom. The standard InChI is InChI=1S/C28H30Cl3N3O4S/c1-5-25(28(36)32-4)33(16-20-11-12-21(29)15-24(20)31)27(35)17-34(26-8-6-7-23(30)19(26)3)39(37,38)22-13-9-18(2)10-14-22/h6-15,25H,5,16-17H2,1-4H3,(H,32,36)/t25-/m0/s1. The number of likely N-dealkylation sites (N-methyl/N-ethyl adjacent to an activating group) is 1. The van der Waals surface area contributed by atoms with Gasteiger partial charge in [-0.25, -0.2) is 8.42 Å². The van der Waals surface area contributed by atoms with Gasteiger partial charge in [-0.2, -0.15) is 0 Å². The molecule has 0 aliphatic heterocycles. The van der Waals surface area contributed by atoms with Crippen LogP contribution in [0.5, 0.6) is 0 Å². The maximum atomic E-state index is 14.0. The zero-order valence-electron chi connectivity index (χ0n) is 22.0. The van der Waals surface area contributed by atoms with Gasteiger partial charge in [0, 0.05) is 28.7 Å². The van der Waals surface area contributed by atoms with E-state index in [0.29, 0.717) is 26.2 Å². The number of carbonyl (C=O) groups is 2. The van der Waals surface area contributed by atoms with E-state index in [-0.39, 0.29) is 29.5 Å². The Bertz CT molecular complexity index is 1460. The minimum absolute atomic E-state index is 0.0194. The fourth-order valence-electron chi connectivity index (χ4n) is 4.14. The van der Waals surface area contributed by atoms with E-state index in [2.05, 4.69) is 5.32 Å². The van der Waals surface area contributed by atoms with E-state index in [1.165, 1.54) is 24.1 Å². The normalized spacial score (nSPS) is 12.1. The van der Waals surface area contributed by atoms with Gasteiger partial charge in [-0.1, -0.05) is 71.6 Å². The third-order valence-electron chi connectivity index (χ3n) is 6.38. The van der Waals surface area contributed by atoms with Crippen molar-refractivity contribution in [2.45, 2.75) is 44.7 Å². The maximum Gasteiger partial charge on any atom is 0.264 e. The molecule has 0 saturated heterocycles. The molecular weight excluding hydrogens is 581 g/mol. The van der Waals surface area contributed by atoms with Gasteiger partial charge in [0.05, 0.1) is 10.6 Å². The monoisotopic (exact) mass is 609 g/mol. The van der Waals surface area contributed by atoms with Crippen LogP contribution in [0.25, 0.3) is 0 Å². The Morgan fingerprint density at radius 1 is 0.949 bits per heavy atom. The lowest BCUT2D eigenvalue weighted by molar-refractivity contribution is -0.140. The zero-order valence-corrected chi connectivity index (χ0v) is 25.1. The first-order valence-electron chi connectivity index (χ1n) is 12.2. The Labute approximate surface area is 244 Å². The predicted molar refractivity (Wildman–Crippen MR) is 157 cm³/mol. The molecule has 3 aromatic rings. The Hall–Kier alpha value is -2.78. The molecule has 3 rings (SSSR count). The van der Waals surface area contributed by atoms with E-state index in [9.17, 15) is 18.0 Å². The van der Waals surface area contributed by atoms with E-state index in [1.54, 1.807) is 62.4 Å². The zero-order chi connectivity index (χ0) is 28.9. The van der Waals surface area contributed by atoms with Gasteiger partial charge in [0.15, 0.2) is 0 Å². The second-order valence-corrected chi connectivity index (χ2v) is 12.1. The topological polar surface area (TPSA) is 86.8 Å². The van der Waals surface area contributed by atoms with Crippen molar-refractivity contribution in [3.63, 3.8) is 0 Å². The molecule has 0 aromatic heterocycles. The van der Waals surface area contributed by atoms with E-state index in [0.717, 1.165) is 9.87 Å². The fourth-order valence-corrected chi connectivity index (χ4v) is 6.25. The molecule has 0 heterocycles. The summed E-state index contributed by atoms with van der Waals surface area (Å²) in [5.74, 6) is -0.977. The molecule has 0 aliphatic carbocycles. The van der Waals surface area contributed by atoms with Gasteiger partial charge in [-0.3, -0.25) is 13.9 Å². The van der Waals surface area contributed by atoms with Crippen molar-refractivity contribution < 1.29 is 18.0 Å². The summed E-state index contributed by atoms with van der Waals surface area (Å²) in [5.41, 5.74) is 2.20. The van der Waals surface area contributed by atoms with Crippen LogP contribution in [-0.2, 0) is 26.2 Å². The molecule has 39 heavy (non-hydrogen) atoms. The molecule has 0 spiro atoms. The van der Waals surface area contributed by atoms with E-state index < -0.39 is 28.5 Å². The first-order valence-corrected chi connectivity index (χ1v) is 14.8. The fraction of sp³-hybridized carbons (Fsp3) is 0.286. The third kappa shape index (κ3) is 7.06. The summed E-state index contributed by atoms with van der Waals surface area (Å²) >= 11 is 18.8. The lowest BCUT2D eigenvalue weighted by Crippen LogP contribution is -2.51. The summed E-state index contributed by atoms with van der Waals surface area (Å²) in [7, 11) is -2.72. The number of rotatable bonds is 10. The van der Waals surface area contributed by atoms with Gasteiger partial charge in [0.25, 0.3) is 10.0 Å². The molecule has 1 N–H and O–H groups in total. The van der Waals surface area contributed by atoms with Crippen molar-refractivity contribution in [2.24, 2.45) is 0 Å². The highest BCUT2D eigenvalue weighted by molar-refractivity contribution is 7.92. The van der Waals surface area contributed by atoms with Gasteiger partial charge < -0.3 is 10.2 Å². The first-order chi connectivity index (χ1) is 18.4. The van der Waals surface area contributed by atoms with Crippen molar-refractivity contribution in [1.29, 1.82) is 0 Å². The van der Waals surface area contributed by atoms with Gasteiger partial charge in [0.2, 0.25) is 11.8 Å². The molecule has 0 bridgehead atoms. The minimum atomic E-state index is -4.20. The second kappa shape index (κ2) is 13.0. The number of sulfonamides is 1. The summed E-state index contributed by atoms with van der Waals surface area (Å²) in [6, 6.07) is 15.2. The Kier molecular flexibility index (Phi) is 10.3. The molecule has 2 amide bonds. The van der Waals surface area contributed by atoms with Crippen LogP contribution in [-0.4, -0.2) is 44.8 Å². The predicted octanol–water partition coefficient (Wildman–Crippen LogP) is 6.01. The van der Waals surface area contributed by atoms with Crippen LogP contribution in [0.3, 0.4) is 0 Å². The molecule has 3 aromatic carbocycles. The van der Waals surface area contributed by atoms with Crippen LogP contribution in [0.2, 0.25) is 15.1 Å². The quantitative estimate of drug-likeness (QED) is 0.305. The second-order valence-electron chi connectivity index (χ2n) is 9.00. The number of hydrogen-bond acceptors (Lipinski definition) is 4. The van der Waals surface area contributed by atoms with Crippen molar-refractivity contribution >= 4 is 62.3 Å². The molecular formula is C28H30Cl3N3O4S. The number of benzene rings is 3. The van der Waals surface area contributed by atoms with E-state index >= 15 is 0 Å². The largest absolute Gasteiger partial charge is 0.357 e. The van der Waals surface area contributed by atoms with Gasteiger partial charge in [0.1, 0.15) is 12.6 Å². The number of halogens is 3. The lowest BCUT2D eigenvalue weighted by atomic mass is 10.1. The molecule has 7 nitrogen and oxygen atoms in total. The lowest BCUT2D eigenvalue weighted by Gasteiger charge is -2.33. The Morgan fingerprint density at radius 2 is 1.62 bits per heavy atom. The number of hydrogen-bond donors (Lipinski definition) is 1. The van der Waals surface area contributed by atoms with Crippen molar-refractivity contribution in [2.75, 3.05) is 17.9 Å². The van der Waals surface area contributed by atoms with Crippen LogP contribution >= 0.6 is 34.8 Å². The number of nitrogens with zero attached hydrogens (tertiary/aromatic N) is 2. The number of aryl methyl sites for hydroxylation is 1. The minimum Gasteiger partial charge on any atom is -0.357 e. The smallest absolute Gasteiger partial charge is 0.264 e. The van der Waals surface area contributed by atoms with Crippen LogP contribution in [0.4, 0.5) is 5.69 Å². The summed E-state index contributed by atoms with van der Waals surface area (Å²) in [4.78, 5) is 28.2. The van der Waals surface area contributed by atoms with E-state index in [1.807, 2.05) is 6.92 Å². The third-order valence-corrected chi connectivity index (χ3v) is 9.15. The van der Waals surface area contributed by atoms with Crippen LogP contribution in [0.1, 0.15) is 30.0 Å². The highest BCUT2D eigenvalue weighted by atomic mass is 35.5. The summed E-state index contributed by atoms with van der Waals surface area (Å²) < 4.78 is 28.9. The van der Waals surface area contributed by atoms with Crippen LogP contribution in [0, 0.1) is 13.8 Å². The molecule has 1 atom stereocenters. The average molecular weight is 611 g/mol. The number of amides is 2. The highest BCUT2D eigenvalue weighted by Crippen LogP contribution is 2.32. The van der Waals surface area contributed by atoms with Crippen molar-refractivity contribution in [3.8, 4) is 0 Å². The molecule has 0 unspecified atom stereocenters. The molecule has 0 aliphatic rings. The highest BCUT2D eigenvalue weighted by Gasteiger charge is 2.34. The van der Waals surface area contributed by atoms with Crippen molar-refractivity contribution in [3.05, 3.63) is 92.4 Å². The van der Waals surface area contributed by atoms with Gasteiger partial charge in [-0.15, -0.1) is 0 Å². The van der Waals surface area contributed by atoms with Gasteiger partial charge in [-0.05, 0) is 67.8 Å². The summed E-state index contributed by atoms with van der Waals surface area (Å²) in [5, 5.41) is 3.68. The SMILES string of the molecule is CC[C@@H](C(=O)NC)N(Cc1ccc(Cl)cc1Cl)C(=O)CN(c1cccc(Cl)c1C)S(=O)(=O)c1ccc(C)cc1. The molecule has 0 saturated carbocycles. The first kappa shape index (κ1) is 30.8. The summed E-state index contributed by atoms with van der Waals surface area (Å²) in [6.07, 6.45) is 0.289. The molecule has 208 valence electrons. The average Bonchev–Trinajstić information content (AvgIpc) is 2.90. The number of nitrogens with one attached hydrogen (secondary N) is 1. The Balaban J connectivity index is 2.12. The number of anilines is 1. The molecule has 0 radical (unpaired) electrons. The van der Waals surface area contributed by atoms with Crippen LogP contribution in [0.15, 0.2) is 65.6 Å². The maximum absolute atomic E-state index is 14.0. The van der Waals surface area contributed by atoms with Crippen LogP contribution < -0.4 is 9.62 Å². The summed E-state index contributed by atoms with van der Waals surface area (Å²) in [6.45, 7) is 4.70. The van der Waals surface area contributed by atoms with E-state index in [4.69, 9.17) is 34.8 Å². The molecule has 11 heteroatoms.